The van der Waals surface area contributed by atoms with Crippen molar-refractivity contribution in [3.05, 3.63) is 48.5 Å². The fourth-order valence-corrected chi connectivity index (χ4v) is 12.0. The van der Waals surface area contributed by atoms with Crippen molar-refractivity contribution in [2.24, 2.45) is 10.8 Å². The maximum atomic E-state index is 2.74. The Hall–Kier alpha value is -1.27. The van der Waals surface area contributed by atoms with Crippen LogP contribution in [0.5, 0.6) is 0 Å². The molecule has 0 saturated heterocycles. The molecule has 2 aromatic rings. The number of hydrogen-bond donors (Lipinski definition) is 0. The van der Waals surface area contributed by atoms with Gasteiger partial charge in [-0.05, 0) is 0 Å². The zero-order valence-electron chi connectivity index (χ0n) is 20.3. The molecule has 2 heterocycles. The predicted molar refractivity (Wildman–Crippen MR) is 137 cm³/mol. The standard InChI is InChI=1S/C25H36Ge2N4/c1-23(2,3)17-28-19-13-9-11-15-21(19)30(26-28)25(7,8)31-22-16-12-10-14-20(22)29(27-31)18-24(4,5)6/h9-16H,17-18H2,1-8H3. The summed E-state index contributed by atoms with van der Waals surface area (Å²) in [6.45, 7) is 21.2. The molecule has 2 aliphatic rings. The molecular formula is C25H36Ge2N4. The summed E-state index contributed by atoms with van der Waals surface area (Å²) in [5.41, 5.74) is 6.19. The number of anilines is 4. The fourth-order valence-electron chi connectivity index (χ4n) is 4.34. The van der Waals surface area contributed by atoms with Crippen LogP contribution < -0.4 is 15.4 Å². The number of hydrogen-bond acceptors (Lipinski definition) is 4. The summed E-state index contributed by atoms with van der Waals surface area (Å²) in [6.07, 6.45) is 0. The van der Waals surface area contributed by atoms with E-state index in [4.69, 9.17) is 0 Å². The van der Waals surface area contributed by atoms with E-state index in [-0.39, 0.29) is 16.5 Å². The van der Waals surface area contributed by atoms with E-state index in [1.807, 2.05) is 0 Å². The zero-order chi connectivity index (χ0) is 22.6. The van der Waals surface area contributed by atoms with Crippen LogP contribution in [-0.2, 0) is 0 Å². The van der Waals surface area contributed by atoms with E-state index in [9.17, 15) is 0 Å². The van der Waals surface area contributed by atoms with Crippen molar-refractivity contribution in [1.29, 1.82) is 0 Å². The Kier molecular flexibility index (Phi) is 5.87. The summed E-state index contributed by atoms with van der Waals surface area (Å²) in [5, 5.41) is 0. The molecule has 2 aromatic carbocycles. The Labute approximate surface area is 202 Å². The third-order valence-electron chi connectivity index (χ3n) is 5.63. The summed E-state index contributed by atoms with van der Waals surface area (Å²) >= 11 is -0.936. The van der Waals surface area contributed by atoms with Gasteiger partial charge in [0.25, 0.3) is 0 Å². The normalized spacial score (nSPS) is 16.8. The molecule has 0 fully saturated rings. The van der Waals surface area contributed by atoms with E-state index in [1.54, 1.807) is 0 Å². The van der Waals surface area contributed by atoms with Gasteiger partial charge in [0, 0.05) is 0 Å². The van der Waals surface area contributed by atoms with E-state index in [0.29, 0.717) is 0 Å². The van der Waals surface area contributed by atoms with Crippen LogP contribution in [0.15, 0.2) is 48.5 Å². The van der Waals surface area contributed by atoms with Crippen molar-refractivity contribution in [2.75, 3.05) is 28.5 Å². The molecule has 0 saturated carbocycles. The summed E-state index contributed by atoms with van der Waals surface area (Å²) in [6, 6.07) is 18.1. The first-order valence-electron chi connectivity index (χ1n) is 11.2. The molecule has 4 nitrogen and oxygen atoms in total. The van der Waals surface area contributed by atoms with Crippen LogP contribution in [0.4, 0.5) is 22.7 Å². The molecule has 4 rings (SSSR count). The van der Waals surface area contributed by atoms with Gasteiger partial charge in [-0.15, -0.1) is 0 Å². The maximum absolute atomic E-state index is 2.74. The minimum absolute atomic E-state index is 0.0501. The summed E-state index contributed by atoms with van der Waals surface area (Å²) < 4.78 is 10.9. The Morgan fingerprint density at radius 1 is 0.548 bits per heavy atom. The fraction of sp³-hybridized carbons (Fsp3) is 0.520. The van der Waals surface area contributed by atoms with Crippen LogP contribution in [0.25, 0.3) is 0 Å². The number of fused-ring (bicyclic) bond motifs is 2. The third kappa shape index (κ3) is 4.61. The van der Waals surface area contributed by atoms with Crippen LogP contribution >= 0.6 is 0 Å². The van der Waals surface area contributed by atoms with Gasteiger partial charge >= 0.3 is 203 Å². The molecule has 31 heavy (non-hydrogen) atoms. The third-order valence-corrected chi connectivity index (χ3v) is 12.5. The van der Waals surface area contributed by atoms with E-state index >= 15 is 0 Å². The molecule has 0 atom stereocenters. The molecule has 4 radical (unpaired) electrons. The Morgan fingerprint density at radius 3 is 1.19 bits per heavy atom. The van der Waals surface area contributed by atoms with Gasteiger partial charge in [0.2, 0.25) is 0 Å². The molecule has 0 unspecified atom stereocenters. The van der Waals surface area contributed by atoms with Gasteiger partial charge in [-0.3, -0.25) is 0 Å². The number of benzene rings is 2. The van der Waals surface area contributed by atoms with Crippen molar-refractivity contribution in [1.82, 2.24) is 0 Å². The molecule has 0 aliphatic carbocycles. The summed E-state index contributed by atoms with van der Waals surface area (Å²) in [7, 11) is 0. The minimum atomic E-state index is -0.468. The number of rotatable bonds is 4. The average Bonchev–Trinajstić information content (AvgIpc) is 3.20. The van der Waals surface area contributed by atoms with Crippen molar-refractivity contribution >= 4 is 54.5 Å². The Morgan fingerprint density at radius 2 is 0.871 bits per heavy atom. The molecule has 2 aliphatic heterocycles. The Balaban J connectivity index is 1.69. The van der Waals surface area contributed by atoms with E-state index in [0.717, 1.165) is 13.1 Å². The SMILES string of the molecule is CC(C)(C)C[N]1[Ge][N](C(C)(C)[N]2[Ge][N](CC(C)(C)C)c3ccccc32)c2ccccc21. The second-order valence-electron chi connectivity index (χ2n) is 11.6. The van der Waals surface area contributed by atoms with Gasteiger partial charge in [0.1, 0.15) is 0 Å². The second kappa shape index (κ2) is 7.94. The van der Waals surface area contributed by atoms with Crippen molar-refractivity contribution in [3.8, 4) is 0 Å². The van der Waals surface area contributed by atoms with Crippen LogP contribution in [0.1, 0.15) is 55.4 Å². The number of nitrogens with zero attached hydrogens (tertiary/aromatic N) is 4. The zero-order valence-corrected chi connectivity index (χ0v) is 24.5. The quantitative estimate of drug-likeness (QED) is 0.475. The molecule has 0 bridgehead atoms. The first kappa shape index (κ1) is 22.9. The van der Waals surface area contributed by atoms with Crippen molar-refractivity contribution in [2.45, 2.75) is 61.1 Å². The van der Waals surface area contributed by atoms with Gasteiger partial charge in [-0.25, -0.2) is 0 Å². The van der Waals surface area contributed by atoms with Crippen molar-refractivity contribution < 1.29 is 0 Å². The average molecular weight is 538 g/mol. The van der Waals surface area contributed by atoms with Gasteiger partial charge in [0.15, 0.2) is 0 Å². The Bertz CT molecular complexity index is 870. The van der Waals surface area contributed by atoms with Crippen molar-refractivity contribution in [3.63, 3.8) is 0 Å². The molecule has 0 aromatic heterocycles. The van der Waals surface area contributed by atoms with Gasteiger partial charge in [-0.1, -0.05) is 0 Å². The predicted octanol–water partition coefficient (Wildman–Crippen LogP) is 5.54. The van der Waals surface area contributed by atoms with E-state index in [2.05, 4.69) is 119 Å². The number of para-hydroxylation sites is 4. The second-order valence-corrected chi connectivity index (χ2v) is 16.6. The van der Waals surface area contributed by atoms with Gasteiger partial charge in [-0.2, -0.15) is 0 Å². The van der Waals surface area contributed by atoms with Crippen LogP contribution in [0, 0.1) is 10.8 Å². The molecule has 164 valence electrons. The summed E-state index contributed by atoms with van der Waals surface area (Å²) in [4.78, 5) is 0. The van der Waals surface area contributed by atoms with Gasteiger partial charge < -0.3 is 0 Å². The first-order valence-corrected chi connectivity index (χ1v) is 15.0. The van der Waals surface area contributed by atoms with Gasteiger partial charge in [0.05, 0.1) is 0 Å². The molecule has 0 spiro atoms. The first-order chi connectivity index (χ1) is 14.4. The van der Waals surface area contributed by atoms with Crippen LogP contribution in [0.2, 0.25) is 0 Å². The molecular weight excluding hydrogens is 502 g/mol. The van der Waals surface area contributed by atoms with Crippen LogP contribution in [0.3, 0.4) is 0 Å². The molecule has 0 N–H and O–H groups in total. The van der Waals surface area contributed by atoms with E-state index < -0.39 is 31.8 Å². The topological polar surface area (TPSA) is 13.0 Å². The van der Waals surface area contributed by atoms with E-state index in [1.165, 1.54) is 22.7 Å². The monoisotopic (exact) mass is 540 g/mol. The molecule has 6 heteroatoms. The van der Waals surface area contributed by atoms with Crippen LogP contribution in [-0.4, -0.2) is 50.5 Å². The summed E-state index contributed by atoms with van der Waals surface area (Å²) in [5.74, 6) is 0. The molecule has 0 amide bonds.